The third-order valence-corrected chi connectivity index (χ3v) is 7.31. The van der Waals surface area contributed by atoms with Crippen LogP contribution in [0.3, 0.4) is 0 Å². The van der Waals surface area contributed by atoms with Crippen LogP contribution in [-0.2, 0) is 47.4 Å². The van der Waals surface area contributed by atoms with Crippen molar-refractivity contribution in [3.8, 4) is 11.4 Å². The summed E-state index contributed by atoms with van der Waals surface area (Å²) in [6.45, 7) is 0.872. The van der Waals surface area contributed by atoms with E-state index in [1.54, 1.807) is 19.1 Å². The molecule has 13 heteroatoms. The minimum atomic E-state index is -1.60. The van der Waals surface area contributed by atoms with Crippen molar-refractivity contribution in [1.29, 1.82) is 0 Å². The van der Waals surface area contributed by atoms with Crippen LogP contribution < -0.4 is 10.9 Å². The molecular formula is C28H25F2N3O8. The fourth-order valence-corrected chi connectivity index (χ4v) is 5.24. The number of cyclic esters (lactones) is 1. The summed E-state index contributed by atoms with van der Waals surface area (Å²) in [6.07, 6.45) is -0.516. The number of hydrogen-bond acceptors (Lipinski definition) is 8. The number of ether oxygens (including phenoxy) is 2. The minimum absolute atomic E-state index is 0.0821. The molecule has 1 amide bonds. The quantitative estimate of drug-likeness (QED) is 0.305. The van der Waals surface area contributed by atoms with Gasteiger partial charge in [0, 0.05) is 35.4 Å². The van der Waals surface area contributed by atoms with Crippen LogP contribution in [0.15, 0.2) is 29.1 Å². The van der Waals surface area contributed by atoms with Gasteiger partial charge in [-0.2, -0.15) is 0 Å². The molecule has 0 bridgehead atoms. The molecule has 2 aliphatic heterocycles. The Balaban J connectivity index is 1.50. The second kappa shape index (κ2) is 10.7. The van der Waals surface area contributed by atoms with Gasteiger partial charge in [-0.25, -0.2) is 13.8 Å². The molecule has 2 aromatic heterocycles. The number of rotatable bonds is 8. The first-order chi connectivity index (χ1) is 19.5. The third-order valence-electron chi connectivity index (χ3n) is 7.31. The Morgan fingerprint density at radius 2 is 1.90 bits per heavy atom. The highest BCUT2D eigenvalue weighted by Gasteiger charge is 2.44. The molecular weight excluding hydrogens is 544 g/mol. The molecule has 0 saturated carbocycles. The van der Waals surface area contributed by atoms with Gasteiger partial charge in [-0.15, -0.1) is 0 Å². The van der Waals surface area contributed by atoms with E-state index in [0.717, 1.165) is 12.1 Å². The summed E-state index contributed by atoms with van der Waals surface area (Å²) in [5.41, 5.74) is -0.226. The number of carboxylic acids is 1. The maximum Gasteiger partial charge on any atom is 0.326 e. The van der Waals surface area contributed by atoms with Crippen LogP contribution in [0, 0.1) is 11.6 Å². The number of halogens is 2. The van der Waals surface area contributed by atoms with E-state index < -0.39 is 53.2 Å². The maximum absolute atomic E-state index is 13.9. The molecule has 2 N–H and O–H groups in total. The first-order valence-corrected chi connectivity index (χ1v) is 12.9. The van der Waals surface area contributed by atoms with Crippen LogP contribution in [0.1, 0.15) is 55.7 Å². The lowest BCUT2D eigenvalue weighted by molar-refractivity contribution is -0.167. The monoisotopic (exact) mass is 569 g/mol. The Morgan fingerprint density at radius 3 is 2.63 bits per heavy atom. The lowest BCUT2D eigenvalue weighted by Gasteiger charge is -2.32. The van der Waals surface area contributed by atoms with Gasteiger partial charge in [-0.05, 0) is 31.0 Å². The topological polar surface area (TPSA) is 154 Å². The highest BCUT2D eigenvalue weighted by Crippen LogP contribution is 2.41. The highest BCUT2D eigenvalue weighted by atomic mass is 19.2. The fourth-order valence-electron chi connectivity index (χ4n) is 5.24. The molecule has 4 heterocycles. The average molecular weight is 570 g/mol. The van der Waals surface area contributed by atoms with Crippen LogP contribution in [-0.4, -0.2) is 45.0 Å². The fraction of sp³-hybridized carbons (Fsp3) is 0.357. The summed E-state index contributed by atoms with van der Waals surface area (Å²) < 4.78 is 40.2. The number of aliphatic carboxylic acids is 1. The number of fused-ring (bicyclic) bond motifs is 5. The molecule has 3 aromatic rings. The van der Waals surface area contributed by atoms with E-state index in [9.17, 15) is 32.8 Å². The Labute approximate surface area is 231 Å². The van der Waals surface area contributed by atoms with E-state index in [2.05, 4.69) is 10.3 Å². The number of aromatic nitrogens is 2. The van der Waals surface area contributed by atoms with E-state index in [1.807, 2.05) is 0 Å². The van der Waals surface area contributed by atoms with Crippen molar-refractivity contribution >= 4 is 34.7 Å². The van der Waals surface area contributed by atoms with Crippen LogP contribution in [0.5, 0.6) is 0 Å². The van der Waals surface area contributed by atoms with Crippen molar-refractivity contribution < 1.29 is 42.5 Å². The number of hydrogen-bond donors (Lipinski definition) is 2. The van der Waals surface area contributed by atoms with Crippen molar-refractivity contribution in [2.45, 2.75) is 57.8 Å². The molecule has 0 spiro atoms. The van der Waals surface area contributed by atoms with Crippen LogP contribution in [0.25, 0.3) is 22.3 Å². The smallest absolute Gasteiger partial charge is 0.326 e. The van der Waals surface area contributed by atoms with Gasteiger partial charge in [0.25, 0.3) is 5.56 Å². The molecule has 214 valence electrons. The molecule has 11 nitrogen and oxygen atoms in total. The lowest BCUT2D eigenvalue weighted by Crippen LogP contribution is -2.40. The van der Waals surface area contributed by atoms with E-state index in [4.69, 9.17) is 14.6 Å². The standard InChI is InChI=1S/C28H25F2N3O8/c1-2-28(41-25(38)11-31-22(34)4-3-5-23(35)36)10-24(37)40-13-16-17(28)8-21-26-15(12-33(21)27(16)39)6-14-7-18(29)19(30)9-20(14)32-26/h6-9H,2-5,10-13H2,1H3,(H,31,34)(H,35,36)/t28-/m1/s1. The number of carbonyl (C=O) groups excluding carboxylic acids is 3. The largest absolute Gasteiger partial charge is 0.481 e. The summed E-state index contributed by atoms with van der Waals surface area (Å²) >= 11 is 0. The predicted octanol–water partition coefficient (Wildman–Crippen LogP) is 2.67. The lowest BCUT2D eigenvalue weighted by atomic mass is 9.85. The van der Waals surface area contributed by atoms with Crippen molar-refractivity contribution in [1.82, 2.24) is 14.9 Å². The number of pyridine rings is 2. The number of amides is 1. The molecule has 0 aliphatic carbocycles. The summed E-state index contributed by atoms with van der Waals surface area (Å²) in [4.78, 5) is 66.3. The third kappa shape index (κ3) is 5.26. The highest BCUT2D eigenvalue weighted by molar-refractivity contribution is 5.85. The predicted molar refractivity (Wildman–Crippen MR) is 137 cm³/mol. The number of benzene rings is 1. The van der Waals surface area contributed by atoms with Crippen molar-refractivity contribution in [2.24, 2.45) is 0 Å². The van der Waals surface area contributed by atoms with Crippen LogP contribution >= 0.6 is 0 Å². The van der Waals surface area contributed by atoms with E-state index >= 15 is 0 Å². The number of nitrogens with zero attached hydrogens (tertiary/aromatic N) is 2. The molecule has 5 rings (SSSR count). The summed E-state index contributed by atoms with van der Waals surface area (Å²) in [5.74, 6) is -5.25. The minimum Gasteiger partial charge on any atom is -0.481 e. The zero-order valence-electron chi connectivity index (χ0n) is 21.9. The zero-order valence-corrected chi connectivity index (χ0v) is 21.9. The Hall–Kier alpha value is -4.68. The van der Waals surface area contributed by atoms with Gasteiger partial charge in [0.1, 0.15) is 18.8 Å². The number of esters is 2. The summed E-state index contributed by atoms with van der Waals surface area (Å²) in [7, 11) is 0. The molecule has 0 unspecified atom stereocenters. The normalized spacial score (nSPS) is 17.2. The second-order valence-electron chi connectivity index (χ2n) is 9.95. The average Bonchev–Trinajstić information content (AvgIpc) is 3.20. The number of carbonyl (C=O) groups is 4. The van der Waals surface area contributed by atoms with E-state index in [1.165, 1.54) is 4.57 Å². The molecule has 0 radical (unpaired) electrons. The molecule has 0 saturated heterocycles. The van der Waals surface area contributed by atoms with Gasteiger partial charge in [-0.1, -0.05) is 6.92 Å². The summed E-state index contributed by atoms with van der Waals surface area (Å²) in [5, 5.41) is 11.4. The molecule has 41 heavy (non-hydrogen) atoms. The number of nitrogens with one attached hydrogen (secondary N) is 1. The Morgan fingerprint density at radius 1 is 1.15 bits per heavy atom. The molecule has 0 fully saturated rings. The van der Waals surface area contributed by atoms with Crippen molar-refractivity contribution in [3.05, 3.63) is 62.9 Å². The molecule has 1 atom stereocenters. The Kier molecular flexibility index (Phi) is 7.28. The SMILES string of the molecule is CC[C@@]1(OC(=O)CNC(=O)CCCC(=O)O)CC(=O)OCc2c1cc1n(c2=O)Cc2cc3cc(F)c(F)cc3nc2-1. The molecule has 1 aromatic carbocycles. The maximum atomic E-state index is 13.9. The first kappa shape index (κ1) is 27.9. The van der Waals surface area contributed by atoms with Gasteiger partial charge in [0.2, 0.25) is 5.91 Å². The first-order valence-electron chi connectivity index (χ1n) is 12.9. The van der Waals surface area contributed by atoms with Gasteiger partial charge in [0.05, 0.1) is 35.4 Å². The number of carboxylic acid groups (broad SMARTS) is 1. The van der Waals surface area contributed by atoms with Crippen molar-refractivity contribution in [3.63, 3.8) is 0 Å². The van der Waals surface area contributed by atoms with Gasteiger partial charge in [0.15, 0.2) is 11.6 Å². The van der Waals surface area contributed by atoms with Gasteiger partial charge in [-0.3, -0.25) is 24.0 Å². The van der Waals surface area contributed by atoms with Crippen molar-refractivity contribution in [2.75, 3.05) is 6.54 Å². The van der Waals surface area contributed by atoms with Gasteiger partial charge < -0.3 is 24.5 Å². The molecule has 2 aliphatic rings. The van der Waals surface area contributed by atoms with E-state index in [0.29, 0.717) is 22.3 Å². The summed E-state index contributed by atoms with van der Waals surface area (Å²) in [6, 6.07) is 5.23. The van der Waals surface area contributed by atoms with Crippen LogP contribution in [0.2, 0.25) is 0 Å². The van der Waals surface area contributed by atoms with E-state index in [-0.39, 0.29) is 61.9 Å². The second-order valence-corrected chi connectivity index (χ2v) is 9.95. The van der Waals surface area contributed by atoms with Gasteiger partial charge >= 0.3 is 17.9 Å². The zero-order chi connectivity index (χ0) is 29.5. The van der Waals surface area contributed by atoms with Crippen LogP contribution in [0.4, 0.5) is 8.78 Å². The Bertz CT molecular complexity index is 1690.